The molecule has 0 amide bonds. The summed E-state index contributed by atoms with van der Waals surface area (Å²) >= 11 is 1.47. The van der Waals surface area contributed by atoms with E-state index in [1.54, 1.807) is 12.1 Å². The van der Waals surface area contributed by atoms with Crippen LogP contribution in [0.2, 0.25) is 0 Å². The zero-order chi connectivity index (χ0) is 29.5. The van der Waals surface area contributed by atoms with E-state index >= 15 is 0 Å². The van der Waals surface area contributed by atoms with E-state index < -0.39 is 6.10 Å². The maximum atomic E-state index is 13.7. The van der Waals surface area contributed by atoms with Crippen molar-refractivity contribution in [3.63, 3.8) is 0 Å². The molecule has 0 saturated heterocycles. The number of allylic oxidation sites excluding steroid dienone is 1. The van der Waals surface area contributed by atoms with Gasteiger partial charge in [-0.15, -0.1) is 0 Å². The van der Waals surface area contributed by atoms with E-state index in [4.69, 9.17) is 4.74 Å². The normalized spacial score (nSPS) is 32.8. The van der Waals surface area contributed by atoms with Crippen LogP contribution in [0, 0.1) is 40.3 Å². The van der Waals surface area contributed by atoms with Crippen LogP contribution in [0.3, 0.4) is 0 Å². The molecule has 3 saturated carbocycles. The molecule has 2 aromatic heterocycles. The maximum absolute atomic E-state index is 13.7. The third-order valence-electron chi connectivity index (χ3n) is 11.5. The van der Waals surface area contributed by atoms with Gasteiger partial charge in [0.1, 0.15) is 12.4 Å². The van der Waals surface area contributed by atoms with Crippen LogP contribution in [0.4, 0.5) is 4.39 Å². The number of halogens is 1. The van der Waals surface area contributed by atoms with Gasteiger partial charge in [0.2, 0.25) is 0 Å². The summed E-state index contributed by atoms with van der Waals surface area (Å²) in [7, 11) is 0. The van der Waals surface area contributed by atoms with Gasteiger partial charge < -0.3 is 9.84 Å². The molecule has 4 aliphatic rings. The van der Waals surface area contributed by atoms with Gasteiger partial charge in [-0.05, 0) is 115 Å². The number of nitrogens with zero attached hydrogens (tertiary/aromatic N) is 3. The van der Waals surface area contributed by atoms with Gasteiger partial charge >= 0.3 is 0 Å². The van der Waals surface area contributed by atoms with E-state index in [1.807, 2.05) is 35.1 Å². The Morgan fingerprint density at radius 3 is 2.77 bits per heavy atom. The maximum Gasteiger partial charge on any atom is 0.274 e. The van der Waals surface area contributed by atoms with E-state index in [-0.39, 0.29) is 40.9 Å². The van der Waals surface area contributed by atoms with Crippen LogP contribution >= 0.6 is 11.3 Å². The number of hydrogen-bond acceptors (Lipinski definition) is 6. The topological polar surface area (TPSA) is 77.2 Å². The first-order valence-corrected chi connectivity index (χ1v) is 16.3. The highest BCUT2D eigenvalue weighted by atomic mass is 32.1. The molecule has 7 atom stereocenters. The standard InChI is InChI=1S/C35H36FN3O3S/c1-34-16-20-18-37-39(23-10-8-22(36)9-11-23)28(20)15-21(34)7-12-24-25-13-14-26(35(25,2)17-29(40)32(24)34)30(41)19-42-33-38-27-5-3-4-6-31(27)43-33/h3-6,8-11,15,18,24-26,29,32,40H,7,12-14,16-17,19H2,1-2H3. The third kappa shape index (κ3) is 4.16. The number of rotatable bonds is 5. The molecule has 6 nitrogen and oxygen atoms in total. The fourth-order valence-corrected chi connectivity index (χ4v) is 10.5. The molecule has 0 aliphatic heterocycles. The van der Waals surface area contributed by atoms with E-state index in [0.29, 0.717) is 23.5 Å². The number of thiazole rings is 1. The second kappa shape index (κ2) is 9.83. The van der Waals surface area contributed by atoms with Crippen molar-refractivity contribution < 1.29 is 19.0 Å². The lowest BCUT2D eigenvalue weighted by Crippen LogP contribution is -2.57. The minimum atomic E-state index is -0.479. The van der Waals surface area contributed by atoms with Crippen molar-refractivity contribution in [2.24, 2.45) is 34.5 Å². The molecule has 0 bridgehead atoms. The van der Waals surface area contributed by atoms with E-state index in [1.165, 1.54) is 34.6 Å². The van der Waals surface area contributed by atoms with Gasteiger partial charge in [0.05, 0.1) is 33.9 Å². The smallest absolute Gasteiger partial charge is 0.274 e. The molecule has 7 unspecified atom stereocenters. The van der Waals surface area contributed by atoms with Crippen LogP contribution in [-0.4, -0.2) is 38.4 Å². The molecular weight excluding hydrogens is 561 g/mol. The fourth-order valence-electron chi connectivity index (χ4n) is 9.65. The quantitative estimate of drug-likeness (QED) is 0.267. The van der Waals surface area contributed by atoms with Crippen molar-refractivity contribution in [3.8, 4) is 10.9 Å². The Morgan fingerprint density at radius 2 is 1.95 bits per heavy atom. The molecule has 4 aliphatic carbocycles. The van der Waals surface area contributed by atoms with Crippen molar-refractivity contribution in [1.29, 1.82) is 0 Å². The first kappa shape index (κ1) is 27.2. The Kier molecular flexibility index (Phi) is 6.22. The summed E-state index contributed by atoms with van der Waals surface area (Å²) in [6, 6.07) is 14.4. The van der Waals surface area contributed by atoms with Crippen LogP contribution in [-0.2, 0) is 11.2 Å². The summed E-state index contributed by atoms with van der Waals surface area (Å²) < 4.78 is 22.5. The van der Waals surface area contributed by atoms with Gasteiger partial charge in [0.25, 0.3) is 5.19 Å². The van der Waals surface area contributed by atoms with Crippen LogP contribution < -0.4 is 4.74 Å². The van der Waals surface area contributed by atoms with Crippen molar-refractivity contribution >= 4 is 33.4 Å². The number of Topliss-reactive ketones (excluding diaryl/α,β-unsaturated/α-hetero) is 1. The molecule has 0 spiro atoms. The van der Waals surface area contributed by atoms with Crippen LogP contribution in [0.5, 0.6) is 5.19 Å². The Morgan fingerprint density at radius 1 is 1.14 bits per heavy atom. The Labute approximate surface area is 254 Å². The van der Waals surface area contributed by atoms with Crippen molar-refractivity contribution in [2.75, 3.05) is 6.61 Å². The number of para-hydroxylation sites is 1. The number of benzene rings is 2. The monoisotopic (exact) mass is 597 g/mol. The molecule has 2 aromatic carbocycles. The van der Waals surface area contributed by atoms with Crippen LogP contribution in [0.1, 0.15) is 57.2 Å². The molecule has 3 fully saturated rings. The average molecular weight is 598 g/mol. The Hall–Kier alpha value is -3.36. The van der Waals surface area contributed by atoms with Crippen LogP contribution in [0.15, 0.2) is 60.3 Å². The highest BCUT2D eigenvalue weighted by molar-refractivity contribution is 7.20. The molecule has 2 heterocycles. The lowest BCUT2D eigenvalue weighted by atomic mass is 9.46. The number of carbonyl (C=O) groups excluding carboxylic acids is 1. The number of aliphatic hydroxyl groups excluding tert-OH is 1. The molecule has 0 radical (unpaired) electrons. The second-order valence-corrected chi connectivity index (χ2v) is 14.6. The second-order valence-electron chi connectivity index (χ2n) is 13.7. The summed E-state index contributed by atoms with van der Waals surface area (Å²) in [6.07, 6.45) is 9.08. The minimum absolute atomic E-state index is 0.0302. The number of hydrogen-bond donors (Lipinski definition) is 1. The first-order valence-electron chi connectivity index (χ1n) is 15.5. The number of carbonyl (C=O) groups is 1. The average Bonchev–Trinajstić information content (AvgIpc) is 3.68. The molecule has 43 heavy (non-hydrogen) atoms. The van der Waals surface area contributed by atoms with Gasteiger partial charge in [-0.25, -0.2) is 14.1 Å². The zero-order valence-corrected chi connectivity index (χ0v) is 25.3. The summed E-state index contributed by atoms with van der Waals surface area (Å²) in [5.41, 5.74) is 4.95. The number of fused-ring (bicyclic) bond motifs is 7. The van der Waals surface area contributed by atoms with Crippen molar-refractivity contribution in [2.45, 2.75) is 58.5 Å². The molecule has 8 rings (SSSR count). The molecular formula is C35H36FN3O3S. The lowest BCUT2D eigenvalue weighted by Gasteiger charge is -2.59. The van der Waals surface area contributed by atoms with Gasteiger partial charge in [-0.2, -0.15) is 5.10 Å². The SMILES string of the molecule is CC12Cc3cnn(-c4ccc(F)cc4)c3C=C1CCC1C2C(O)CC2(C)C(C(=O)COc3nc4ccccc4s3)CCC12. The molecule has 222 valence electrons. The molecule has 1 N–H and O–H groups in total. The highest BCUT2D eigenvalue weighted by Gasteiger charge is 2.63. The number of ether oxygens (including phenoxy) is 1. The predicted molar refractivity (Wildman–Crippen MR) is 165 cm³/mol. The Balaban J connectivity index is 1.03. The Bertz CT molecular complexity index is 1730. The largest absolute Gasteiger partial charge is 0.462 e. The van der Waals surface area contributed by atoms with Crippen molar-refractivity contribution in [1.82, 2.24) is 14.8 Å². The molecule has 4 aromatic rings. The number of aromatic nitrogens is 3. The van der Waals surface area contributed by atoms with E-state index in [0.717, 1.165) is 53.7 Å². The van der Waals surface area contributed by atoms with Crippen molar-refractivity contribution in [3.05, 3.63) is 77.4 Å². The highest BCUT2D eigenvalue weighted by Crippen LogP contribution is 2.66. The zero-order valence-electron chi connectivity index (χ0n) is 24.5. The van der Waals surface area contributed by atoms with Gasteiger partial charge in [-0.3, -0.25) is 4.79 Å². The third-order valence-corrected chi connectivity index (χ3v) is 12.4. The van der Waals surface area contributed by atoms with E-state index in [9.17, 15) is 14.3 Å². The van der Waals surface area contributed by atoms with Gasteiger partial charge in [0, 0.05) is 5.92 Å². The summed E-state index contributed by atoms with van der Waals surface area (Å²) in [6.45, 7) is 4.62. The van der Waals surface area contributed by atoms with Crippen LogP contribution in [0.25, 0.3) is 22.0 Å². The lowest BCUT2D eigenvalue weighted by molar-refractivity contribution is -0.143. The summed E-state index contributed by atoms with van der Waals surface area (Å²) in [5, 5.41) is 17.2. The van der Waals surface area contributed by atoms with Gasteiger partial charge in [0.15, 0.2) is 5.78 Å². The number of aliphatic hydroxyl groups is 1. The molecule has 8 heteroatoms. The predicted octanol–water partition coefficient (Wildman–Crippen LogP) is 7.04. The minimum Gasteiger partial charge on any atom is -0.462 e. The van der Waals surface area contributed by atoms with E-state index in [2.05, 4.69) is 30.0 Å². The first-order chi connectivity index (χ1) is 20.7. The number of ketones is 1. The van der Waals surface area contributed by atoms with Gasteiger partial charge in [-0.1, -0.05) is 42.9 Å². The summed E-state index contributed by atoms with van der Waals surface area (Å²) in [4.78, 5) is 18.2. The fraction of sp³-hybridized carbons (Fsp3) is 0.457. The summed E-state index contributed by atoms with van der Waals surface area (Å²) in [5.74, 6) is 0.670.